The van der Waals surface area contributed by atoms with Crippen molar-refractivity contribution in [3.63, 3.8) is 0 Å². The number of rotatable bonds is 6. The van der Waals surface area contributed by atoms with E-state index >= 15 is 0 Å². The highest BCUT2D eigenvalue weighted by Gasteiger charge is 2.39. The van der Waals surface area contributed by atoms with E-state index in [1.807, 2.05) is 13.0 Å². The summed E-state index contributed by atoms with van der Waals surface area (Å²) in [6, 6.07) is 0. The normalized spacial score (nSPS) is 23.6. The molecular formula is C15H30O3PSi-. The van der Waals surface area contributed by atoms with Crippen molar-refractivity contribution < 1.29 is 13.9 Å². The van der Waals surface area contributed by atoms with Gasteiger partial charge >= 0.3 is 0 Å². The van der Waals surface area contributed by atoms with Crippen molar-refractivity contribution in [3.05, 3.63) is 11.4 Å². The van der Waals surface area contributed by atoms with Crippen LogP contribution in [0, 0.1) is 0 Å². The maximum absolute atomic E-state index is 12.2. The quantitative estimate of drug-likeness (QED) is 0.535. The van der Waals surface area contributed by atoms with Crippen LogP contribution in [0.4, 0.5) is 0 Å². The van der Waals surface area contributed by atoms with Crippen LogP contribution in [0.15, 0.2) is 11.4 Å². The molecule has 0 bridgehead atoms. The third kappa shape index (κ3) is 4.56. The highest BCUT2D eigenvalue weighted by atomic mass is 31.2. The lowest BCUT2D eigenvalue weighted by atomic mass is 10.2. The van der Waals surface area contributed by atoms with Gasteiger partial charge in [-0.15, -0.1) is 0 Å². The monoisotopic (exact) mass is 317 g/mol. The Kier molecular flexibility index (Phi) is 5.88. The Bertz CT molecular complexity index is 410. The van der Waals surface area contributed by atoms with Crippen molar-refractivity contribution in [1.82, 2.24) is 0 Å². The molecule has 5 heteroatoms. The molecule has 1 aliphatic carbocycles. The van der Waals surface area contributed by atoms with Gasteiger partial charge in [0.2, 0.25) is 0 Å². The maximum Gasteiger partial charge on any atom is 0.192 e. The summed E-state index contributed by atoms with van der Waals surface area (Å²) in [7, 11) is -5.17. The topological polar surface area (TPSA) is 49.4 Å². The highest BCUT2D eigenvalue weighted by molar-refractivity contribution is 7.61. The van der Waals surface area contributed by atoms with E-state index in [-0.39, 0.29) is 11.1 Å². The van der Waals surface area contributed by atoms with Gasteiger partial charge in [0.25, 0.3) is 0 Å². The molecule has 0 saturated heterocycles. The van der Waals surface area contributed by atoms with Gasteiger partial charge in [-0.2, -0.15) is 0 Å². The molecule has 0 spiro atoms. The molecule has 1 rings (SSSR count). The summed E-state index contributed by atoms with van der Waals surface area (Å²) in [5.41, 5.74) is 0. The van der Waals surface area contributed by atoms with Crippen molar-refractivity contribution in [2.75, 3.05) is 6.16 Å². The lowest BCUT2D eigenvalue weighted by Crippen LogP contribution is -2.43. The Morgan fingerprint density at radius 1 is 1.45 bits per heavy atom. The SMILES string of the molecule is CCCCP(=O)([O-])C1=CC(O[Si](C)(C)C(C)(C)C)CC1. The van der Waals surface area contributed by atoms with Gasteiger partial charge in [0.05, 0.1) is 6.10 Å². The lowest BCUT2D eigenvalue weighted by molar-refractivity contribution is -0.172. The summed E-state index contributed by atoms with van der Waals surface area (Å²) in [4.78, 5) is 12.2. The van der Waals surface area contributed by atoms with Gasteiger partial charge in [-0.25, -0.2) is 0 Å². The molecule has 3 nitrogen and oxygen atoms in total. The fraction of sp³-hybridized carbons (Fsp3) is 0.867. The first kappa shape index (κ1) is 18.2. The molecule has 0 N–H and O–H groups in total. The predicted molar refractivity (Wildman–Crippen MR) is 86.8 cm³/mol. The average Bonchev–Trinajstić information content (AvgIpc) is 2.73. The summed E-state index contributed by atoms with van der Waals surface area (Å²) in [6.45, 7) is 13.1. The van der Waals surface area contributed by atoms with E-state index in [1.165, 1.54) is 0 Å². The summed E-state index contributed by atoms with van der Waals surface area (Å²) in [5, 5.41) is 0.794. The van der Waals surface area contributed by atoms with Gasteiger partial charge in [-0.3, -0.25) is 0 Å². The minimum Gasteiger partial charge on any atom is -0.796 e. The molecule has 0 aromatic rings. The zero-order chi connectivity index (χ0) is 15.6. The van der Waals surface area contributed by atoms with Gasteiger partial charge in [0.1, 0.15) is 0 Å². The van der Waals surface area contributed by atoms with Gasteiger partial charge in [-0.1, -0.05) is 40.2 Å². The molecule has 0 heterocycles. The van der Waals surface area contributed by atoms with Gasteiger partial charge in [0, 0.05) is 7.37 Å². The molecule has 1 aliphatic rings. The average molecular weight is 317 g/mol. The maximum atomic E-state index is 12.2. The molecule has 2 unspecified atom stereocenters. The van der Waals surface area contributed by atoms with E-state index in [0.29, 0.717) is 17.9 Å². The Labute approximate surface area is 125 Å². The molecular weight excluding hydrogens is 287 g/mol. The summed E-state index contributed by atoms with van der Waals surface area (Å²) < 4.78 is 18.5. The third-order valence-corrected chi connectivity index (χ3v) is 11.2. The molecule has 20 heavy (non-hydrogen) atoms. The van der Waals surface area contributed by atoms with Crippen LogP contribution in [0.5, 0.6) is 0 Å². The van der Waals surface area contributed by atoms with E-state index in [1.54, 1.807) is 0 Å². The van der Waals surface area contributed by atoms with E-state index < -0.39 is 15.7 Å². The summed E-state index contributed by atoms with van der Waals surface area (Å²) in [5.74, 6) is 0. The van der Waals surface area contributed by atoms with E-state index in [2.05, 4.69) is 33.9 Å². The molecule has 0 saturated carbocycles. The molecule has 2 atom stereocenters. The number of allylic oxidation sites excluding steroid dienone is 1. The first-order chi connectivity index (χ1) is 8.99. The van der Waals surface area contributed by atoms with Crippen LogP contribution >= 0.6 is 7.37 Å². The number of hydrogen-bond donors (Lipinski definition) is 0. The van der Waals surface area contributed by atoms with Crippen LogP contribution in [0.1, 0.15) is 53.4 Å². The highest BCUT2D eigenvalue weighted by Crippen LogP contribution is 2.51. The van der Waals surface area contributed by atoms with Crippen molar-refractivity contribution >= 4 is 15.7 Å². The first-order valence-electron chi connectivity index (χ1n) is 7.69. The molecule has 0 radical (unpaired) electrons. The van der Waals surface area contributed by atoms with Gasteiger partial charge in [0.15, 0.2) is 8.32 Å². The summed E-state index contributed by atoms with van der Waals surface area (Å²) >= 11 is 0. The van der Waals surface area contributed by atoms with Crippen LogP contribution in [-0.4, -0.2) is 20.6 Å². The van der Waals surface area contributed by atoms with Crippen LogP contribution in [-0.2, 0) is 8.99 Å². The van der Waals surface area contributed by atoms with Crippen LogP contribution in [0.25, 0.3) is 0 Å². The second-order valence-electron chi connectivity index (χ2n) is 7.36. The second kappa shape index (κ2) is 6.47. The largest absolute Gasteiger partial charge is 0.796 e. The molecule has 0 amide bonds. The fourth-order valence-corrected chi connectivity index (χ4v) is 5.29. The Hall–Kier alpha value is 0.107. The molecule has 0 aliphatic heterocycles. The molecule has 0 aromatic carbocycles. The number of hydrogen-bond acceptors (Lipinski definition) is 3. The summed E-state index contributed by atoms with van der Waals surface area (Å²) in [6.07, 6.45) is 5.33. The predicted octanol–water partition coefficient (Wildman–Crippen LogP) is 4.49. The minimum atomic E-state index is -3.35. The second-order valence-corrected chi connectivity index (χ2v) is 14.5. The zero-order valence-electron chi connectivity index (χ0n) is 13.9. The van der Waals surface area contributed by atoms with Crippen LogP contribution < -0.4 is 4.89 Å². The Morgan fingerprint density at radius 2 is 2.05 bits per heavy atom. The first-order valence-corrected chi connectivity index (χ1v) is 12.4. The number of unbranched alkanes of at least 4 members (excludes halogenated alkanes) is 1. The van der Waals surface area contributed by atoms with Crippen molar-refractivity contribution in [2.45, 2.75) is 77.6 Å². The third-order valence-electron chi connectivity index (χ3n) is 4.56. The van der Waals surface area contributed by atoms with Crippen molar-refractivity contribution in [3.8, 4) is 0 Å². The zero-order valence-corrected chi connectivity index (χ0v) is 15.8. The van der Waals surface area contributed by atoms with Crippen molar-refractivity contribution in [2.24, 2.45) is 0 Å². The van der Waals surface area contributed by atoms with E-state index in [0.717, 1.165) is 19.3 Å². The Morgan fingerprint density at radius 3 is 2.55 bits per heavy atom. The van der Waals surface area contributed by atoms with Gasteiger partial charge < -0.3 is 13.9 Å². The lowest BCUT2D eigenvalue weighted by Gasteiger charge is -2.38. The van der Waals surface area contributed by atoms with Gasteiger partial charge in [-0.05, 0) is 48.9 Å². The van der Waals surface area contributed by atoms with Crippen molar-refractivity contribution in [1.29, 1.82) is 0 Å². The standard InChI is InChI=1S/C15H31O3PSi/c1-7-8-11-19(16,17)14-10-9-13(12-14)18-20(5,6)15(2,3)4/h12-13H,7-11H2,1-6H3,(H,16,17)/p-1. The molecule has 0 aromatic heterocycles. The van der Waals surface area contributed by atoms with Crippen LogP contribution in [0.3, 0.4) is 0 Å². The fourth-order valence-electron chi connectivity index (χ4n) is 2.11. The molecule has 118 valence electrons. The van der Waals surface area contributed by atoms with E-state index in [4.69, 9.17) is 4.43 Å². The molecule has 0 fully saturated rings. The van der Waals surface area contributed by atoms with E-state index in [9.17, 15) is 9.46 Å². The van der Waals surface area contributed by atoms with Crippen LogP contribution in [0.2, 0.25) is 18.1 Å². The smallest absolute Gasteiger partial charge is 0.192 e. The minimum absolute atomic E-state index is 0.00482. The Balaban J connectivity index is 2.72.